The van der Waals surface area contributed by atoms with Gasteiger partial charge >= 0.3 is 0 Å². The van der Waals surface area contributed by atoms with Gasteiger partial charge in [0.25, 0.3) is 5.91 Å². The van der Waals surface area contributed by atoms with Crippen molar-refractivity contribution < 1.29 is 14.3 Å². The van der Waals surface area contributed by atoms with E-state index in [-0.39, 0.29) is 17.4 Å². The van der Waals surface area contributed by atoms with Gasteiger partial charge in [0.15, 0.2) is 0 Å². The molecule has 1 N–H and O–H groups in total. The Labute approximate surface area is 225 Å². The van der Waals surface area contributed by atoms with E-state index < -0.39 is 0 Å². The monoisotopic (exact) mass is 511 g/mol. The van der Waals surface area contributed by atoms with Crippen molar-refractivity contribution in [1.29, 1.82) is 0 Å². The molecule has 0 bridgehead atoms. The lowest BCUT2D eigenvalue weighted by Gasteiger charge is -2.38. The summed E-state index contributed by atoms with van der Waals surface area (Å²) in [4.78, 5) is 30.8. The predicted octanol–water partition coefficient (Wildman–Crippen LogP) is 5.07. The maximum Gasteiger partial charge on any atom is 0.251 e. The van der Waals surface area contributed by atoms with Crippen molar-refractivity contribution >= 4 is 11.8 Å². The molecule has 6 heteroatoms. The van der Waals surface area contributed by atoms with Crippen molar-refractivity contribution in [2.45, 2.75) is 38.3 Å². The second kappa shape index (κ2) is 11.8. The van der Waals surface area contributed by atoms with E-state index in [9.17, 15) is 9.59 Å². The van der Waals surface area contributed by atoms with E-state index in [1.165, 1.54) is 0 Å². The van der Waals surface area contributed by atoms with Gasteiger partial charge in [-0.3, -0.25) is 9.59 Å². The van der Waals surface area contributed by atoms with Crippen molar-refractivity contribution in [2.24, 2.45) is 5.41 Å². The van der Waals surface area contributed by atoms with Crippen molar-refractivity contribution in [1.82, 2.24) is 15.1 Å². The van der Waals surface area contributed by atoms with Crippen LogP contribution in [0.2, 0.25) is 0 Å². The highest BCUT2D eigenvalue weighted by atomic mass is 16.5. The molecule has 6 nitrogen and oxygen atoms in total. The molecule has 0 saturated carbocycles. The molecule has 1 spiro atoms. The van der Waals surface area contributed by atoms with Crippen LogP contribution in [0, 0.1) is 5.41 Å². The van der Waals surface area contributed by atoms with Gasteiger partial charge in [0, 0.05) is 25.2 Å². The van der Waals surface area contributed by atoms with Gasteiger partial charge in [-0.1, -0.05) is 60.7 Å². The number of methoxy groups -OCH3 is 1. The van der Waals surface area contributed by atoms with E-state index in [1.807, 2.05) is 77.7 Å². The number of carbonyl (C=O) groups excluding carboxylic acids is 2. The van der Waals surface area contributed by atoms with Gasteiger partial charge in [0.2, 0.25) is 5.91 Å². The Bertz CT molecular complexity index is 1210. The van der Waals surface area contributed by atoms with E-state index >= 15 is 0 Å². The van der Waals surface area contributed by atoms with Gasteiger partial charge in [-0.05, 0) is 74.2 Å². The van der Waals surface area contributed by atoms with Crippen LogP contribution in [0.3, 0.4) is 0 Å². The normalized spacial score (nSPS) is 17.9. The topological polar surface area (TPSA) is 61.9 Å². The number of hydrogen-bond acceptors (Lipinski definition) is 4. The summed E-state index contributed by atoms with van der Waals surface area (Å²) in [6.07, 6.45) is 3.57. The van der Waals surface area contributed by atoms with Crippen molar-refractivity contribution in [3.63, 3.8) is 0 Å². The minimum atomic E-state index is -0.219. The number of benzene rings is 3. The fraction of sp³-hybridized carbons (Fsp3) is 0.375. The molecule has 2 amide bonds. The molecule has 3 aromatic carbocycles. The van der Waals surface area contributed by atoms with Gasteiger partial charge < -0.3 is 19.9 Å². The SMILES string of the molecule is COc1ccc(CN2CCC3(CCN(CCC(NC(=O)c4ccccc4)c4ccccc4)CC3)C2=O)cc1. The average Bonchev–Trinajstić information content (AvgIpc) is 3.27. The third kappa shape index (κ3) is 5.91. The van der Waals surface area contributed by atoms with E-state index in [1.54, 1.807) is 7.11 Å². The van der Waals surface area contributed by atoms with Crippen LogP contribution in [-0.4, -0.2) is 54.9 Å². The number of hydrogen-bond donors (Lipinski definition) is 1. The maximum atomic E-state index is 13.5. The highest BCUT2D eigenvalue weighted by Crippen LogP contribution is 2.42. The molecule has 2 aliphatic rings. The summed E-state index contributed by atoms with van der Waals surface area (Å²) in [7, 11) is 1.66. The molecule has 5 rings (SSSR count). The van der Waals surface area contributed by atoms with Gasteiger partial charge in [-0.25, -0.2) is 0 Å². The first-order valence-electron chi connectivity index (χ1n) is 13.6. The molecule has 2 aliphatic heterocycles. The third-order valence-electron chi connectivity index (χ3n) is 8.22. The molecule has 1 unspecified atom stereocenters. The lowest BCUT2D eigenvalue weighted by molar-refractivity contribution is -0.138. The van der Waals surface area contributed by atoms with Crippen LogP contribution in [-0.2, 0) is 11.3 Å². The van der Waals surface area contributed by atoms with E-state index in [0.717, 1.165) is 68.7 Å². The standard InChI is InChI=1S/C32H37N3O3/c1-38-28-14-12-25(13-15-28)24-35-23-19-32(31(35)37)17-21-34(22-18-32)20-16-29(26-8-4-2-5-9-26)33-30(36)27-10-6-3-7-11-27/h2-15,29H,16-24H2,1H3,(H,33,36). The minimum absolute atomic E-state index is 0.0504. The summed E-state index contributed by atoms with van der Waals surface area (Å²) in [5, 5.41) is 3.25. The van der Waals surface area contributed by atoms with Crippen LogP contribution in [0.1, 0.15) is 53.2 Å². The average molecular weight is 512 g/mol. The Morgan fingerprint density at radius 3 is 2.18 bits per heavy atom. The summed E-state index contributed by atoms with van der Waals surface area (Å²) < 4.78 is 5.25. The third-order valence-corrected chi connectivity index (χ3v) is 8.22. The van der Waals surface area contributed by atoms with Crippen molar-refractivity contribution in [3.8, 4) is 5.75 Å². The first-order valence-corrected chi connectivity index (χ1v) is 13.6. The number of nitrogens with zero attached hydrogens (tertiary/aromatic N) is 2. The van der Waals surface area contributed by atoms with Crippen LogP contribution in [0.5, 0.6) is 5.75 Å². The number of amides is 2. The molecule has 3 aromatic rings. The Hall–Kier alpha value is -3.64. The van der Waals surface area contributed by atoms with Crippen molar-refractivity contribution in [3.05, 3.63) is 102 Å². The van der Waals surface area contributed by atoms with E-state index in [4.69, 9.17) is 4.74 Å². The highest BCUT2D eigenvalue weighted by Gasteiger charge is 2.47. The zero-order valence-electron chi connectivity index (χ0n) is 22.1. The smallest absolute Gasteiger partial charge is 0.251 e. The highest BCUT2D eigenvalue weighted by molar-refractivity contribution is 5.94. The first kappa shape index (κ1) is 26.0. The number of ether oxygens (including phenoxy) is 1. The van der Waals surface area contributed by atoms with Gasteiger partial charge in [-0.2, -0.15) is 0 Å². The predicted molar refractivity (Wildman–Crippen MR) is 149 cm³/mol. The molecule has 1 atom stereocenters. The fourth-order valence-corrected chi connectivity index (χ4v) is 5.81. The second-order valence-electron chi connectivity index (χ2n) is 10.5. The number of carbonyl (C=O) groups is 2. The van der Waals surface area contributed by atoms with Crippen LogP contribution >= 0.6 is 0 Å². The zero-order chi connectivity index (χ0) is 26.4. The largest absolute Gasteiger partial charge is 0.497 e. The molecular formula is C32H37N3O3. The Morgan fingerprint density at radius 1 is 0.895 bits per heavy atom. The number of piperidine rings is 1. The molecule has 0 aliphatic carbocycles. The lowest BCUT2D eigenvalue weighted by Crippen LogP contribution is -2.45. The van der Waals surface area contributed by atoms with E-state index in [2.05, 4.69) is 22.3 Å². The minimum Gasteiger partial charge on any atom is -0.497 e. The molecule has 198 valence electrons. The molecule has 0 aromatic heterocycles. The van der Waals surface area contributed by atoms with Gasteiger partial charge in [0.1, 0.15) is 5.75 Å². The van der Waals surface area contributed by atoms with Crippen LogP contribution < -0.4 is 10.1 Å². The second-order valence-corrected chi connectivity index (χ2v) is 10.5. The fourth-order valence-electron chi connectivity index (χ4n) is 5.81. The summed E-state index contributed by atoms with van der Waals surface area (Å²) in [6, 6.07) is 27.5. The summed E-state index contributed by atoms with van der Waals surface area (Å²) >= 11 is 0. The molecule has 2 heterocycles. The maximum absolute atomic E-state index is 13.5. The zero-order valence-corrected chi connectivity index (χ0v) is 22.1. The van der Waals surface area contributed by atoms with Crippen LogP contribution in [0.4, 0.5) is 0 Å². The lowest BCUT2D eigenvalue weighted by atomic mass is 9.77. The quantitative estimate of drug-likeness (QED) is 0.436. The van der Waals surface area contributed by atoms with Crippen LogP contribution in [0.25, 0.3) is 0 Å². The molecule has 2 fully saturated rings. The summed E-state index contributed by atoms with van der Waals surface area (Å²) in [5.74, 6) is 1.09. The van der Waals surface area contributed by atoms with Gasteiger partial charge in [0.05, 0.1) is 18.6 Å². The number of nitrogens with one attached hydrogen (secondary N) is 1. The van der Waals surface area contributed by atoms with Gasteiger partial charge in [-0.15, -0.1) is 0 Å². The Kier molecular flexibility index (Phi) is 8.08. The number of rotatable bonds is 9. The number of likely N-dealkylation sites (tertiary alicyclic amines) is 2. The van der Waals surface area contributed by atoms with E-state index in [0.29, 0.717) is 18.0 Å². The van der Waals surface area contributed by atoms with Crippen LogP contribution in [0.15, 0.2) is 84.9 Å². The molecule has 38 heavy (non-hydrogen) atoms. The molecular weight excluding hydrogens is 474 g/mol. The summed E-state index contributed by atoms with van der Waals surface area (Å²) in [6.45, 7) is 4.20. The Balaban J connectivity index is 1.16. The first-order chi connectivity index (χ1) is 18.6. The molecule has 0 radical (unpaired) electrons. The van der Waals surface area contributed by atoms with Crippen molar-refractivity contribution in [2.75, 3.05) is 33.3 Å². The molecule has 2 saturated heterocycles. The Morgan fingerprint density at radius 2 is 1.53 bits per heavy atom. The summed E-state index contributed by atoms with van der Waals surface area (Å²) in [5.41, 5.74) is 2.71.